The maximum atomic E-state index is 8.56. The molecule has 0 atom stereocenters. The van der Waals surface area contributed by atoms with Crippen LogP contribution < -0.4 is 0 Å². The standard InChI is InChI=1S/2CH2O3.Fe.Mg.2H/c2*2-1(3)4;;;;/h2*(H2,2,3,4);;;;. The molecule has 0 aromatic heterocycles. The van der Waals surface area contributed by atoms with E-state index in [-0.39, 0.29) is 40.1 Å². The van der Waals surface area contributed by atoms with E-state index in [1.807, 2.05) is 0 Å². The van der Waals surface area contributed by atoms with Gasteiger partial charge in [0.15, 0.2) is 0 Å². The van der Waals surface area contributed by atoms with Crippen molar-refractivity contribution in [2.24, 2.45) is 0 Å². The molecular weight excluding hydrogens is 200 g/mol. The maximum absolute atomic E-state index is 8.56. The summed E-state index contributed by atoms with van der Waals surface area (Å²) < 4.78 is 0. The molecule has 0 fully saturated rings. The number of carbonyl (C=O) groups is 2. The van der Waals surface area contributed by atoms with E-state index in [4.69, 9.17) is 30.0 Å². The Morgan fingerprint density at radius 1 is 0.800 bits per heavy atom. The molecule has 60 valence electrons. The number of hydrogen-bond acceptors (Lipinski definition) is 2. The predicted octanol–water partition coefficient (Wildman–Crippen LogP) is -0.474. The van der Waals surface area contributed by atoms with E-state index in [0.29, 0.717) is 0 Å². The molecule has 6 nitrogen and oxygen atoms in total. The van der Waals surface area contributed by atoms with E-state index in [1.54, 1.807) is 0 Å². The Labute approximate surface area is 82.5 Å². The van der Waals surface area contributed by atoms with Gasteiger partial charge in [-0.15, -0.1) is 0 Å². The average molecular weight is 206 g/mol. The normalized spacial score (nSPS) is 4.80. The number of rotatable bonds is 0. The van der Waals surface area contributed by atoms with Crippen molar-refractivity contribution in [1.29, 1.82) is 0 Å². The summed E-state index contributed by atoms with van der Waals surface area (Å²) in [6.45, 7) is 0. The Hall–Kier alpha value is -0.174. The molecule has 0 aliphatic heterocycles. The molecule has 0 amide bonds. The second-order valence-corrected chi connectivity index (χ2v) is 0.565. The van der Waals surface area contributed by atoms with Gasteiger partial charge in [-0.3, -0.25) is 0 Å². The topological polar surface area (TPSA) is 115 Å². The zero-order valence-corrected chi connectivity index (χ0v) is 5.06. The molecule has 0 saturated carbocycles. The summed E-state index contributed by atoms with van der Waals surface area (Å²) in [5.41, 5.74) is 0. The first-order chi connectivity index (χ1) is 3.46. The van der Waals surface area contributed by atoms with Gasteiger partial charge in [-0.25, -0.2) is 9.59 Å². The molecule has 0 radical (unpaired) electrons. The van der Waals surface area contributed by atoms with Crippen molar-refractivity contribution in [1.82, 2.24) is 0 Å². The van der Waals surface area contributed by atoms with Crippen LogP contribution in [0.2, 0.25) is 0 Å². The van der Waals surface area contributed by atoms with Gasteiger partial charge in [-0.1, -0.05) is 0 Å². The van der Waals surface area contributed by atoms with Crippen LogP contribution in [0.5, 0.6) is 0 Å². The average Bonchev–Trinajstić information content (AvgIpc) is 1.25. The molecule has 0 rings (SSSR count). The summed E-state index contributed by atoms with van der Waals surface area (Å²) in [5, 5.41) is 27.9. The van der Waals surface area contributed by atoms with E-state index in [2.05, 4.69) is 0 Å². The summed E-state index contributed by atoms with van der Waals surface area (Å²) in [6, 6.07) is 0. The molecule has 0 aromatic rings. The van der Waals surface area contributed by atoms with Crippen molar-refractivity contribution < 1.29 is 47.1 Å². The Bertz CT molecular complexity index is 73.7. The molecule has 0 unspecified atom stereocenters. The third-order valence-corrected chi connectivity index (χ3v) is 0. The smallest absolute Gasteiger partial charge is 0.450 e. The van der Waals surface area contributed by atoms with E-state index in [0.717, 1.165) is 0 Å². The van der Waals surface area contributed by atoms with Gasteiger partial charge >= 0.3 is 35.4 Å². The minimum absolute atomic E-state index is 0. The summed E-state index contributed by atoms with van der Waals surface area (Å²) in [4.78, 5) is 17.1. The Balaban J connectivity index is -0.0000000300. The van der Waals surface area contributed by atoms with Crippen LogP contribution in [0.3, 0.4) is 0 Å². The molecule has 10 heavy (non-hydrogen) atoms. The summed E-state index contributed by atoms with van der Waals surface area (Å²) >= 11 is 0. The molecule has 4 N–H and O–H groups in total. The SMILES string of the molecule is O=C(O)O.O=C(O)O.[Fe].[MgH2]. The predicted molar refractivity (Wildman–Crippen MR) is 29.9 cm³/mol. The van der Waals surface area contributed by atoms with Gasteiger partial charge < -0.3 is 20.4 Å². The van der Waals surface area contributed by atoms with Crippen LogP contribution in [0, 0.1) is 0 Å². The van der Waals surface area contributed by atoms with E-state index < -0.39 is 12.3 Å². The Morgan fingerprint density at radius 2 is 0.800 bits per heavy atom. The van der Waals surface area contributed by atoms with Crippen LogP contribution >= 0.6 is 0 Å². The first-order valence-electron chi connectivity index (χ1n) is 1.30. The second-order valence-electron chi connectivity index (χ2n) is 0.565. The van der Waals surface area contributed by atoms with Gasteiger partial charge in [0.1, 0.15) is 0 Å². The molecule has 0 heterocycles. The van der Waals surface area contributed by atoms with Crippen LogP contribution in [-0.4, -0.2) is 55.8 Å². The summed E-state index contributed by atoms with van der Waals surface area (Å²) in [6.07, 6.45) is -3.67. The minimum atomic E-state index is -1.83. The van der Waals surface area contributed by atoms with Crippen molar-refractivity contribution in [3.63, 3.8) is 0 Å². The number of hydrogen-bond donors (Lipinski definition) is 4. The largest absolute Gasteiger partial charge is 0.503 e. The second kappa shape index (κ2) is 15.9. The van der Waals surface area contributed by atoms with Crippen molar-refractivity contribution >= 4 is 35.4 Å². The van der Waals surface area contributed by atoms with E-state index in [9.17, 15) is 0 Å². The molecule has 0 aromatic carbocycles. The van der Waals surface area contributed by atoms with Gasteiger partial charge in [0.25, 0.3) is 0 Å². The minimum Gasteiger partial charge on any atom is -0.450 e. The van der Waals surface area contributed by atoms with Gasteiger partial charge in [0.05, 0.1) is 0 Å². The van der Waals surface area contributed by atoms with Crippen LogP contribution in [0.15, 0.2) is 0 Å². The van der Waals surface area contributed by atoms with E-state index in [1.165, 1.54) is 0 Å². The monoisotopic (exact) mass is 206 g/mol. The van der Waals surface area contributed by atoms with Gasteiger partial charge in [0, 0.05) is 17.1 Å². The van der Waals surface area contributed by atoms with Crippen molar-refractivity contribution in [2.45, 2.75) is 0 Å². The summed E-state index contributed by atoms with van der Waals surface area (Å²) in [7, 11) is 0. The fraction of sp³-hybridized carbons (Fsp3) is 0. The molecule has 0 saturated heterocycles. The quantitative estimate of drug-likeness (QED) is 0.398. The molecule has 0 bridgehead atoms. The fourth-order valence-electron chi connectivity index (χ4n) is 0. The molecule has 8 heteroatoms. The Kier molecular flexibility index (Phi) is 35.9. The van der Waals surface area contributed by atoms with Gasteiger partial charge in [-0.2, -0.15) is 0 Å². The third-order valence-electron chi connectivity index (χ3n) is 0. The van der Waals surface area contributed by atoms with Crippen molar-refractivity contribution in [3.8, 4) is 0 Å². The number of carboxylic acid groups (broad SMARTS) is 4. The fourth-order valence-corrected chi connectivity index (χ4v) is 0. The van der Waals surface area contributed by atoms with Crippen LogP contribution in [-0.2, 0) is 17.1 Å². The maximum Gasteiger partial charge on any atom is 0.503 e. The Morgan fingerprint density at radius 3 is 0.800 bits per heavy atom. The van der Waals surface area contributed by atoms with E-state index >= 15 is 0 Å². The van der Waals surface area contributed by atoms with Crippen molar-refractivity contribution in [2.75, 3.05) is 0 Å². The molecule has 0 spiro atoms. The van der Waals surface area contributed by atoms with Crippen LogP contribution in [0.4, 0.5) is 9.59 Å². The molecule has 0 aliphatic rings. The van der Waals surface area contributed by atoms with Crippen LogP contribution in [0.1, 0.15) is 0 Å². The zero-order valence-electron chi connectivity index (χ0n) is 3.96. The molecule has 0 aliphatic carbocycles. The first-order valence-corrected chi connectivity index (χ1v) is 1.30. The third kappa shape index (κ3) is 12000. The van der Waals surface area contributed by atoms with Crippen LogP contribution in [0.25, 0.3) is 0 Å². The van der Waals surface area contributed by atoms with Gasteiger partial charge in [0.2, 0.25) is 0 Å². The van der Waals surface area contributed by atoms with Gasteiger partial charge in [-0.05, 0) is 0 Å². The van der Waals surface area contributed by atoms with Crippen molar-refractivity contribution in [3.05, 3.63) is 0 Å². The summed E-state index contributed by atoms with van der Waals surface area (Å²) in [5.74, 6) is 0. The first kappa shape index (κ1) is 22.6. The zero-order chi connectivity index (χ0) is 7.15. The molecular formula is C2H6FeMgO6.